The van der Waals surface area contributed by atoms with Gasteiger partial charge in [0.25, 0.3) is 5.56 Å². The summed E-state index contributed by atoms with van der Waals surface area (Å²) in [6, 6.07) is 7.57. The summed E-state index contributed by atoms with van der Waals surface area (Å²) in [5, 5.41) is 11.5. The average Bonchev–Trinajstić information content (AvgIpc) is 3.27. The minimum atomic E-state index is -0.684. The number of fused-ring (bicyclic) bond motifs is 2. The number of aromatic hydroxyl groups is 1. The zero-order valence-corrected chi connectivity index (χ0v) is 19.0. The second-order valence-corrected chi connectivity index (χ2v) is 8.48. The van der Waals surface area contributed by atoms with Crippen LogP contribution in [0.25, 0.3) is 5.69 Å². The summed E-state index contributed by atoms with van der Waals surface area (Å²) < 4.78 is 19.0. The first-order valence-corrected chi connectivity index (χ1v) is 10.7. The van der Waals surface area contributed by atoms with Crippen molar-refractivity contribution in [2.24, 2.45) is 7.05 Å². The molecule has 9 nitrogen and oxygen atoms in total. The lowest BCUT2D eigenvalue weighted by Gasteiger charge is -2.36. The quantitative estimate of drug-likeness (QED) is 0.625. The third-order valence-electron chi connectivity index (χ3n) is 6.22. The molecule has 172 valence electrons. The minimum absolute atomic E-state index is 0.0627. The van der Waals surface area contributed by atoms with Gasteiger partial charge in [0.2, 0.25) is 18.4 Å². The summed E-state index contributed by atoms with van der Waals surface area (Å²) >= 11 is 5.99. The molecule has 10 heteroatoms. The summed E-state index contributed by atoms with van der Waals surface area (Å²) in [5.41, 5.74) is 0.742. The van der Waals surface area contributed by atoms with Crippen LogP contribution in [0.3, 0.4) is 0 Å². The van der Waals surface area contributed by atoms with Crippen LogP contribution in [-0.4, -0.2) is 46.6 Å². The highest BCUT2D eigenvalue weighted by atomic mass is 35.5. The fourth-order valence-corrected chi connectivity index (χ4v) is 4.70. The van der Waals surface area contributed by atoms with Gasteiger partial charge in [0.05, 0.1) is 24.4 Å². The Bertz CT molecular complexity index is 1380. The number of halogens is 1. The van der Waals surface area contributed by atoms with Crippen LogP contribution in [0.4, 0.5) is 0 Å². The number of methoxy groups -OCH3 is 1. The van der Waals surface area contributed by atoms with Gasteiger partial charge in [-0.2, -0.15) is 0 Å². The normalized spacial score (nSPS) is 17.2. The third-order valence-corrected chi connectivity index (χ3v) is 6.48. The molecule has 5 rings (SSSR count). The lowest BCUT2D eigenvalue weighted by molar-refractivity contribution is 0.170. The first kappa shape index (κ1) is 21.4. The van der Waals surface area contributed by atoms with Crippen LogP contribution >= 0.6 is 11.6 Å². The molecule has 2 aliphatic heterocycles. The topological polar surface area (TPSA) is 95.2 Å². The zero-order valence-electron chi connectivity index (χ0n) is 18.3. The Hall–Kier alpha value is -3.43. The predicted octanol–water partition coefficient (Wildman–Crippen LogP) is 2.21. The van der Waals surface area contributed by atoms with Gasteiger partial charge in [0.1, 0.15) is 0 Å². The molecule has 33 heavy (non-hydrogen) atoms. The second-order valence-electron chi connectivity index (χ2n) is 8.05. The number of aromatic nitrogens is 2. The van der Waals surface area contributed by atoms with E-state index in [9.17, 15) is 14.7 Å². The van der Waals surface area contributed by atoms with Gasteiger partial charge in [-0.3, -0.25) is 14.3 Å². The van der Waals surface area contributed by atoms with E-state index in [1.54, 1.807) is 24.3 Å². The van der Waals surface area contributed by atoms with Crippen molar-refractivity contribution in [3.63, 3.8) is 0 Å². The third kappa shape index (κ3) is 3.19. The molecule has 1 N–H and O–H groups in total. The van der Waals surface area contributed by atoms with Crippen molar-refractivity contribution in [1.82, 2.24) is 14.0 Å². The molecule has 0 radical (unpaired) electrons. The van der Waals surface area contributed by atoms with Crippen LogP contribution in [0, 0.1) is 0 Å². The molecule has 0 fully saturated rings. The maximum absolute atomic E-state index is 13.8. The summed E-state index contributed by atoms with van der Waals surface area (Å²) in [7, 11) is 4.80. The van der Waals surface area contributed by atoms with Gasteiger partial charge in [-0.25, -0.2) is 9.36 Å². The van der Waals surface area contributed by atoms with E-state index in [4.69, 9.17) is 25.8 Å². The number of hydrogen-bond donors (Lipinski definition) is 1. The Labute approximate surface area is 193 Å². The molecule has 2 aliphatic rings. The molecule has 0 saturated carbocycles. The van der Waals surface area contributed by atoms with E-state index >= 15 is 0 Å². The first-order valence-electron chi connectivity index (χ1n) is 10.3. The molecule has 0 aliphatic carbocycles. The van der Waals surface area contributed by atoms with Crippen molar-refractivity contribution in [3.05, 3.63) is 72.9 Å². The Morgan fingerprint density at radius 3 is 2.55 bits per heavy atom. The molecular weight excluding hydrogens is 450 g/mol. The highest BCUT2D eigenvalue weighted by molar-refractivity contribution is 6.30. The summed E-state index contributed by atoms with van der Waals surface area (Å²) in [6.45, 7) is 0.687. The highest BCUT2D eigenvalue weighted by Gasteiger charge is 2.38. The number of nitrogens with zero attached hydrogens (tertiary/aromatic N) is 3. The number of ether oxygens (including phenoxy) is 3. The Morgan fingerprint density at radius 1 is 1.12 bits per heavy atom. The molecule has 3 aromatic rings. The lowest BCUT2D eigenvalue weighted by atomic mass is 9.87. The molecule has 1 aromatic heterocycles. The van der Waals surface area contributed by atoms with Gasteiger partial charge in [0.15, 0.2) is 11.5 Å². The van der Waals surface area contributed by atoms with Crippen LogP contribution in [-0.2, 0) is 13.5 Å². The van der Waals surface area contributed by atoms with Crippen molar-refractivity contribution in [1.29, 1.82) is 0 Å². The Balaban J connectivity index is 1.82. The van der Waals surface area contributed by atoms with E-state index in [1.807, 2.05) is 18.0 Å². The van der Waals surface area contributed by atoms with Crippen LogP contribution in [0.15, 0.2) is 39.9 Å². The zero-order chi connectivity index (χ0) is 23.4. The molecule has 2 aromatic carbocycles. The highest BCUT2D eigenvalue weighted by Crippen LogP contribution is 2.51. The molecule has 0 unspecified atom stereocenters. The van der Waals surface area contributed by atoms with Gasteiger partial charge in [0, 0.05) is 24.2 Å². The van der Waals surface area contributed by atoms with Crippen LogP contribution in [0.5, 0.6) is 23.1 Å². The summed E-state index contributed by atoms with van der Waals surface area (Å²) in [5.74, 6) is 1.08. The van der Waals surface area contributed by atoms with E-state index in [-0.39, 0.29) is 12.4 Å². The van der Waals surface area contributed by atoms with E-state index in [1.165, 1.54) is 14.2 Å². The largest absolute Gasteiger partial charge is 0.494 e. The predicted molar refractivity (Wildman–Crippen MR) is 121 cm³/mol. The van der Waals surface area contributed by atoms with Crippen molar-refractivity contribution >= 4 is 11.6 Å². The number of likely N-dealkylation sites (N-methyl/N-ethyl adjacent to an activating group) is 1. The van der Waals surface area contributed by atoms with Gasteiger partial charge < -0.3 is 19.3 Å². The maximum atomic E-state index is 13.8. The van der Waals surface area contributed by atoms with Gasteiger partial charge in [-0.1, -0.05) is 11.6 Å². The fraction of sp³-hybridized carbons (Fsp3) is 0.304. The smallest absolute Gasteiger partial charge is 0.338 e. The van der Waals surface area contributed by atoms with Crippen LogP contribution in [0.1, 0.15) is 22.7 Å². The monoisotopic (exact) mass is 471 g/mol. The number of hydrogen-bond acceptors (Lipinski definition) is 7. The lowest BCUT2D eigenvalue weighted by Crippen LogP contribution is -2.44. The Kier molecular flexibility index (Phi) is 5.10. The number of rotatable bonds is 3. The summed E-state index contributed by atoms with van der Waals surface area (Å²) in [6.07, 6.45) is 0.688. The molecule has 0 amide bonds. The number of benzene rings is 2. The average molecular weight is 472 g/mol. The van der Waals surface area contributed by atoms with E-state index < -0.39 is 23.2 Å². The van der Waals surface area contributed by atoms with Crippen molar-refractivity contribution in [3.8, 4) is 28.8 Å². The van der Waals surface area contributed by atoms with Crippen molar-refractivity contribution < 1.29 is 19.3 Å². The minimum Gasteiger partial charge on any atom is -0.494 e. The molecule has 0 saturated heterocycles. The molecule has 1 atom stereocenters. The molecular formula is C23H22ClN3O6. The second kappa shape index (κ2) is 7.86. The van der Waals surface area contributed by atoms with E-state index in [2.05, 4.69) is 0 Å². The standard InChI is InChI=1S/C23H22ClN3O6/c1-25-9-8-12-10-15-19(33-11-32-15)20(31-3)16(12)18(25)17-21(28)26(2)23(30)27(22(17)29)14-6-4-13(24)5-7-14/h4-7,10,18,28H,8-9,11H2,1-3H3/t18-/m1/s1. The van der Waals surface area contributed by atoms with Crippen molar-refractivity contribution in [2.75, 3.05) is 27.5 Å². The SMILES string of the molecule is COc1c2c(cc3c1[C@H](c1c(O)n(C)c(=O)n(-c4ccc(Cl)cc4)c1=O)N(C)CC3)OCO2. The summed E-state index contributed by atoms with van der Waals surface area (Å²) in [4.78, 5) is 28.7. The van der Waals surface area contributed by atoms with Gasteiger partial charge in [-0.15, -0.1) is 0 Å². The molecule has 0 bridgehead atoms. The van der Waals surface area contributed by atoms with Crippen LogP contribution in [0.2, 0.25) is 5.02 Å². The molecule has 0 spiro atoms. The van der Waals surface area contributed by atoms with E-state index in [0.717, 1.165) is 14.7 Å². The molecule has 3 heterocycles. The van der Waals surface area contributed by atoms with Gasteiger partial charge >= 0.3 is 5.69 Å². The van der Waals surface area contributed by atoms with Crippen molar-refractivity contribution in [2.45, 2.75) is 12.5 Å². The van der Waals surface area contributed by atoms with Gasteiger partial charge in [-0.05, 0) is 49.4 Å². The maximum Gasteiger partial charge on any atom is 0.338 e. The van der Waals surface area contributed by atoms with Crippen LogP contribution < -0.4 is 25.5 Å². The first-order chi connectivity index (χ1) is 15.8. The Morgan fingerprint density at radius 2 is 1.85 bits per heavy atom. The fourth-order valence-electron chi connectivity index (χ4n) is 4.58. The van der Waals surface area contributed by atoms with E-state index in [0.29, 0.717) is 46.5 Å².